The summed E-state index contributed by atoms with van der Waals surface area (Å²) >= 11 is 0. The van der Waals surface area contributed by atoms with Crippen LogP contribution < -0.4 is 4.74 Å². The Hall–Kier alpha value is -3.54. The van der Waals surface area contributed by atoms with Gasteiger partial charge in [0.05, 0.1) is 12.4 Å². The lowest BCUT2D eigenvalue weighted by Crippen LogP contribution is -2.18. The summed E-state index contributed by atoms with van der Waals surface area (Å²) in [4.78, 5) is 12.7. The normalized spacial score (nSPS) is 11.4. The van der Waals surface area contributed by atoms with Crippen molar-refractivity contribution < 1.29 is 9.26 Å². The van der Waals surface area contributed by atoms with Crippen LogP contribution in [0.2, 0.25) is 0 Å². The van der Waals surface area contributed by atoms with E-state index in [1.54, 1.807) is 19.3 Å². The third-order valence-electron chi connectivity index (χ3n) is 4.94. The van der Waals surface area contributed by atoms with Gasteiger partial charge < -0.3 is 9.26 Å². The highest BCUT2D eigenvalue weighted by Gasteiger charge is 2.23. The lowest BCUT2D eigenvalue weighted by atomic mass is 9.78. The number of ether oxygens (including phenoxy) is 1. The molecule has 29 heavy (non-hydrogen) atoms. The highest BCUT2D eigenvalue weighted by Crippen LogP contribution is 2.33. The van der Waals surface area contributed by atoms with Gasteiger partial charge in [0.2, 0.25) is 17.6 Å². The molecular formula is C23H22N4O2. The Balaban J connectivity index is 1.53. The van der Waals surface area contributed by atoms with Crippen LogP contribution in [0.5, 0.6) is 11.6 Å². The summed E-state index contributed by atoms with van der Waals surface area (Å²) in [7, 11) is 0. The summed E-state index contributed by atoms with van der Waals surface area (Å²) in [6, 6.07) is 16.7. The molecule has 0 fully saturated rings. The van der Waals surface area contributed by atoms with Crippen LogP contribution in [0, 0.1) is 13.8 Å². The largest absolute Gasteiger partial charge is 0.437 e. The Morgan fingerprint density at radius 1 is 0.828 bits per heavy atom. The van der Waals surface area contributed by atoms with Crippen molar-refractivity contribution in [3.63, 3.8) is 0 Å². The number of aromatic nitrogens is 4. The van der Waals surface area contributed by atoms with Gasteiger partial charge in [0.25, 0.3) is 0 Å². The fraction of sp³-hybridized carbons (Fsp3) is 0.217. The van der Waals surface area contributed by atoms with E-state index in [-0.39, 0.29) is 5.41 Å². The van der Waals surface area contributed by atoms with Crippen molar-refractivity contribution >= 4 is 0 Å². The van der Waals surface area contributed by atoms with Crippen molar-refractivity contribution in [2.75, 3.05) is 0 Å². The fourth-order valence-corrected chi connectivity index (χ4v) is 3.11. The number of rotatable bonds is 5. The summed E-state index contributed by atoms with van der Waals surface area (Å²) in [5.41, 5.74) is 4.12. The van der Waals surface area contributed by atoms with Gasteiger partial charge in [-0.15, -0.1) is 0 Å². The van der Waals surface area contributed by atoms with Gasteiger partial charge in [0.15, 0.2) is 0 Å². The lowest BCUT2D eigenvalue weighted by Gasteiger charge is -2.26. The molecule has 0 radical (unpaired) electrons. The second-order valence-corrected chi connectivity index (χ2v) is 7.50. The van der Waals surface area contributed by atoms with Crippen LogP contribution in [0.1, 0.15) is 36.4 Å². The molecule has 2 aromatic carbocycles. The maximum Gasteiger partial charge on any atom is 0.238 e. The molecule has 0 unspecified atom stereocenters. The zero-order valence-corrected chi connectivity index (χ0v) is 16.9. The number of aryl methyl sites for hydroxylation is 2. The Bertz CT molecular complexity index is 1120. The van der Waals surface area contributed by atoms with E-state index >= 15 is 0 Å². The van der Waals surface area contributed by atoms with E-state index in [0.29, 0.717) is 29.0 Å². The van der Waals surface area contributed by atoms with Crippen LogP contribution in [-0.4, -0.2) is 20.1 Å². The molecule has 4 aromatic rings. The molecule has 0 aliphatic rings. The zero-order valence-electron chi connectivity index (χ0n) is 16.9. The Labute approximate surface area is 169 Å². The first kappa shape index (κ1) is 18.8. The van der Waals surface area contributed by atoms with Crippen molar-refractivity contribution in [1.82, 2.24) is 20.1 Å². The average Bonchev–Trinajstić information content (AvgIpc) is 3.15. The van der Waals surface area contributed by atoms with Gasteiger partial charge in [-0.1, -0.05) is 61.0 Å². The second-order valence-electron chi connectivity index (χ2n) is 7.50. The molecule has 0 atom stereocenters. The van der Waals surface area contributed by atoms with E-state index < -0.39 is 0 Å². The average molecular weight is 386 g/mol. The highest BCUT2D eigenvalue weighted by atomic mass is 16.5. The smallest absolute Gasteiger partial charge is 0.238 e. The topological polar surface area (TPSA) is 73.9 Å². The summed E-state index contributed by atoms with van der Waals surface area (Å²) in [6.07, 6.45) is 3.13. The first-order chi connectivity index (χ1) is 13.9. The minimum absolute atomic E-state index is 0.109. The number of benzene rings is 2. The molecule has 4 rings (SSSR count). The van der Waals surface area contributed by atoms with Gasteiger partial charge in [-0.05, 0) is 30.2 Å². The van der Waals surface area contributed by atoms with Crippen molar-refractivity contribution in [3.05, 3.63) is 83.5 Å². The van der Waals surface area contributed by atoms with Gasteiger partial charge in [0, 0.05) is 12.3 Å². The molecule has 146 valence electrons. The molecule has 0 spiro atoms. The summed E-state index contributed by atoms with van der Waals surface area (Å²) in [5, 5.41) is 3.86. The molecule has 0 saturated carbocycles. The lowest BCUT2D eigenvalue weighted by molar-refractivity contribution is 0.394. The first-order valence-corrected chi connectivity index (χ1v) is 9.40. The number of hydrogen-bond acceptors (Lipinski definition) is 6. The van der Waals surface area contributed by atoms with Crippen LogP contribution in [0.3, 0.4) is 0 Å². The Morgan fingerprint density at radius 2 is 1.48 bits per heavy atom. The van der Waals surface area contributed by atoms with Crippen LogP contribution in [0.4, 0.5) is 0 Å². The van der Waals surface area contributed by atoms with Crippen LogP contribution >= 0.6 is 0 Å². The summed E-state index contributed by atoms with van der Waals surface area (Å²) in [6.45, 7) is 8.26. The molecule has 0 N–H and O–H groups in total. The summed E-state index contributed by atoms with van der Waals surface area (Å²) < 4.78 is 10.9. The molecule has 6 heteroatoms. The molecule has 0 aliphatic carbocycles. The Kier molecular flexibility index (Phi) is 4.84. The van der Waals surface area contributed by atoms with Crippen molar-refractivity contribution in [2.45, 2.75) is 33.1 Å². The van der Waals surface area contributed by atoms with Crippen LogP contribution in [0.15, 0.2) is 65.4 Å². The third-order valence-corrected chi connectivity index (χ3v) is 4.94. The van der Waals surface area contributed by atoms with Crippen molar-refractivity contribution in [2.24, 2.45) is 0 Å². The van der Waals surface area contributed by atoms with Gasteiger partial charge >= 0.3 is 0 Å². The fourth-order valence-electron chi connectivity index (χ4n) is 3.11. The quantitative estimate of drug-likeness (QED) is 0.466. The van der Waals surface area contributed by atoms with E-state index in [2.05, 4.69) is 77.3 Å². The predicted molar refractivity (Wildman–Crippen MR) is 110 cm³/mol. The standard InChI is InChI=1S/C23H22N4O2/c1-15-5-7-17(8-6-15)23(3,4)18-9-11-19(12-10-18)28-21-14-24-13-20(26-21)22-25-16(2)29-27-22/h5-14H,1-4H3. The maximum absolute atomic E-state index is 5.88. The minimum atomic E-state index is -0.109. The summed E-state index contributed by atoms with van der Waals surface area (Å²) in [5.74, 6) is 1.91. The van der Waals surface area contributed by atoms with Gasteiger partial charge in [-0.2, -0.15) is 4.98 Å². The molecule has 2 heterocycles. The molecule has 0 bridgehead atoms. The zero-order chi connectivity index (χ0) is 20.4. The van der Waals surface area contributed by atoms with Crippen LogP contribution in [0.25, 0.3) is 11.5 Å². The first-order valence-electron chi connectivity index (χ1n) is 9.40. The van der Waals surface area contributed by atoms with E-state index in [1.807, 2.05) is 12.1 Å². The monoisotopic (exact) mass is 386 g/mol. The van der Waals surface area contributed by atoms with E-state index in [4.69, 9.17) is 9.26 Å². The second kappa shape index (κ2) is 7.47. The predicted octanol–water partition coefficient (Wildman–Crippen LogP) is 5.26. The number of nitrogens with zero attached hydrogens (tertiary/aromatic N) is 4. The van der Waals surface area contributed by atoms with Gasteiger partial charge in [-0.3, -0.25) is 4.98 Å². The van der Waals surface area contributed by atoms with Gasteiger partial charge in [0.1, 0.15) is 11.4 Å². The van der Waals surface area contributed by atoms with E-state index in [9.17, 15) is 0 Å². The molecule has 0 aliphatic heterocycles. The SMILES string of the molecule is Cc1ccc(C(C)(C)c2ccc(Oc3cncc(-c4noc(C)n4)n3)cc2)cc1. The maximum atomic E-state index is 5.88. The van der Waals surface area contributed by atoms with Crippen molar-refractivity contribution in [3.8, 4) is 23.1 Å². The van der Waals surface area contributed by atoms with Gasteiger partial charge in [-0.25, -0.2) is 4.98 Å². The minimum Gasteiger partial charge on any atom is -0.437 e. The van der Waals surface area contributed by atoms with Crippen molar-refractivity contribution in [1.29, 1.82) is 0 Å². The van der Waals surface area contributed by atoms with E-state index in [1.165, 1.54) is 16.7 Å². The molecule has 0 saturated heterocycles. The number of hydrogen-bond donors (Lipinski definition) is 0. The van der Waals surface area contributed by atoms with E-state index in [0.717, 1.165) is 0 Å². The Morgan fingerprint density at radius 3 is 2.10 bits per heavy atom. The van der Waals surface area contributed by atoms with Crippen LogP contribution in [-0.2, 0) is 5.41 Å². The highest BCUT2D eigenvalue weighted by molar-refractivity contribution is 5.47. The third kappa shape index (κ3) is 4.01. The molecular weight excluding hydrogens is 364 g/mol. The molecule has 0 amide bonds. The molecule has 6 nitrogen and oxygen atoms in total. The molecule has 2 aromatic heterocycles.